The summed E-state index contributed by atoms with van der Waals surface area (Å²) in [5, 5.41) is 7.77. The van der Waals surface area contributed by atoms with Crippen molar-refractivity contribution in [3.05, 3.63) is 35.5 Å². The van der Waals surface area contributed by atoms with Crippen molar-refractivity contribution in [3.8, 4) is 11.8 Å². The molecule has 164 valence electrons. The highest BCUT2D eigenvalue weighted by Gasteiger charge is 2.47. The SMILES string of the molecule is Cc1ccc(C#CC2CC2)cc1N(C)S(=O)(=O)c1cn(CC2OCC3(CC3)CO2)nn1. The normalized spacial score (nSPS) is 20.3. The van der Waals surface area contributed by atoms with E-state index in [1.807, 2.05) is 25.1 Å². The summed E-state index contributed by atoms with van der Waals surface area (Å²) in [7, 11) is -2.34. The molecular formula is C22H26N4O4S. The Morgan fingerprint density at radius 3 is 2.68 bits per heavy atom. The zero-order chi connectivity index (χ0) is 21.6. The molecule has 2 saturated carbocycles. The van der Waals surface area contributed by atoms with E-state index in [2.05, 4.69) is 22.2 Å². The van der Waals surface area contributed by atoms with Crippen LogP contribution in [0.3, 0.4) is 0 Å². The van der Waals surface area contributed by atoms with Crippen LogP contribution in [0.5, 0.6) is 0 Å². The van der Waals surface area contributed by atoms with Crippen LogP contribution < -0.4 is 4.31 Å². The number of aromatic nitrogens is 3. The third kappa shape index (κ3) is 4.33. The molecule has 0 unspecified atom stereocenters. The van der Waals surface area contributed by atoms with Crippen molar-refractivity contribution in [3.63, 3.8) is 0 Å². The molecule has 1 aromatic carbocycles. The lowest BCUT2D eigenvalue weighted by molar-refractivity contribution is -0.213. The molecule has 0 atom stereocenters. The molecule has 2 aromatic rings. The Labute approximate surface area is 182 Å². The van der Waals surface area contributed by atoms with E-state index in [1.54, 1.807) is 0 Å². The molecule has 0 radical (unpaired) electrons. The van der Waals surface area contributed by atoms with Crippen LogP contribution in [0.4, 0.5) is 5.69 Å². The Balaban J connectivity index is 1.31. The van der Waals surface area contributed by atoms with Gasteiger partial charge in [-0.05, 0) is 50.3 Å². The summed E-state index contributed by atoms with van der Waals surface area (Å²) in [4.78, 5) is 0. The Kier molecular flexibility index (Phi) is 5.04. The maximum absolute atomic E-state index is 13.2. The van der Waals surface area contributed by atoms with Gasteiger partial charge in [-0.15, -0.1) is 5.10 Å². The topological polar surface area (TPSA) is 86.6 Å². The second-order valence-corrected chi connectivity index (χ2v) is 10.8. The first kappa shape index (κ1) is 20.5. The summed E-state index contributed by atoms with van der Waals surface area (Å²) in [6, 6.07) is 5.62. The van der Waals surface area contributed by atoms with Crippen LogP contribution in [0.15, 0.2) is 29.4 Å². The standard InChI is InChI=1S/C22H26N4O4S/c1-16-3-4-18(8-7-17-5-6-17)11-19(16)25(2)31(27,28)20-12-26(24-23-20)13-21-29-14-22(9-10-22)15-30-21/h3-4,11-12,17,21H,5-6,9-10,13-15H2,1-2H3. The van der Waals surface area contributed by atoms with E-state index in [0.29, 0.717) is 31.4 Å². The lowest BCUT2D eigenvalue weighted by Crippen LogP contribution is -2.36. The summed E-state index contributed by atoms with van der Waals surface area (Å²) >= 11 is 0. The van der Waals surface area contributed by atoms with Gasteiger partial charge < -0.3 is 9.47 Å². The van der Waals surface area contributed by atoms with Crippen molar-refractivity contribution in [2.24, 2.45) is 11.3 Å². The van der Waals surface area contributed by atoms with Crippen molar-refractivity contribution in [1.82, 2.24) is 15.0 Å². The van der Waals surface area contributed by atoms with Gasteiger partial charge in [0.05, 0.1) is 31.6 Å². The summed E-state index contributed by atoms with van der Waals surface area (Å²) in [5.41, 5.74) is 2.43. The van der Waals surface area contributed by atoms with Crippen molar-refractivity contribution < 1.29 is 17.9 Å². The predicted octanol–water partition coefficient (Wildman–Crippen LogP) is 2.33. The van der Waals surface area contributed by atoms with Gasteiger partial charge in [-0.2, -0.15) is 8.42 Å². The molecule has 1 aliphatic heterocycles. The molecule has 2 heterocycles. The molecule has 3 fully saturated rings. The first-order valence-electron chi connectivity index (χ1n) is 10.6. The fourth-order valence-corrected chi connectivity index (χ4v) is 4.68. The smallest absolute Gasteiger partial charge is 0.285 e. The molecule has 1 spiro atoms. The Hall–Kier alpha value is -2.41. The van der Waals surface area contributed by atoms with E-state index in [9.17, 15) is 8.42 Å². The van der Waals surface area contributed by atoms with E-state index >= 15 is 0 Å². The van der Waals surface area contributed by atoms with Crippen LogP contribution in [0.2, 0.25) is 0 Å². The summed E-state index contributed by atoms with van der Waals surface area (Å²) < 4.78 is 40.6. The monoisotopic (exact) mass is 442 g/mol. The second-order valence-electron chi connectivity index (χ2n) is 8.85. The van der Waals surface area contributed by atoms with E-state index in [0.717, 1.165) is 36.8 Å². The van der Waals surface area contributed by atoms with Gasteiger partial charge in [-0.25, -0.2) is 4.68 Å². The Morgan fingerprint density at radius 1 is 1.26 bits per heavy atom. The number of sulfonamides is 1. The van der Waals surface area contributed by atoms with Gasteiger partial charge in [0.1, 0.15) is 0 Å². The molecule has 31 heavy (non-hydrogen) atoms. The molecule has 2 aliphatic carbocycles. The van der Waals surface area contributed by atoms with Crippen molar-refractivity contribution in [2.45, 2.75) is 50.5 Å². The molecule has 3 aliphatic rings. The van der Waals surface area contributed by atoms with Crippen molar-refractivity contribution in [1.29, 1.82) is 0 Å². The Bertz CT molecular complexity index is 1150. The number of anilines is 1. The summed E-state index contributed by atoms with van der Waals surface area (Å²) in [6.45, 7) is 3.54. The van der Waals surface area contributed by atoms with E-state index in [4.69, 9.17) is 9.47 Å². The highest BCUT2D eigenvalue weighted by atomic mass is 32.2. The maximum atomic E-state index is 13.2. The molecule has 0 N–H and O–H groups in total. The number of nitrogens with zero attached hydrogens (tertiary/aromatic N) is 4. The minimum Gasteiger partial charge on any atom is -0.350 e. The van der Waals surface area contributed by atoms with Gasteiger partial charge in [0, 0.05) is 23.9 Å². The zero-order valence-corrected chi connectivity index (χ0v) is 18.6. The minimum atomic E-state index is -3.87. The molecule has 1 saturated heterocycles. The first-order chi connectivity index (χ1) is 14.8. The predicted molar refractivity (Wildman–Crippen MR) is 114 cm³/mol. The molecule has 9 heteroatoms. The number of rotatable bonds is 5. The molecule has 1 aromatic heterocycles. The van der Waals surface area contributed by atoms with Gasteiger partial charge >= 0.3 is 0 Å². The van der Waals surface area contributed by atoms with Crippen molar-refractivity contribution in [2.75, 3.05) is 24.6 Å². The van der Waals surface area contributed by atoms with Gasteiger partial charge in [0.15, 0.2) is 6.29 Å². The maximum Gasteiger partial charge on any atom is 0.285 e. The average Bonchev–Trinajstić information content (AvgIpc) is 3.68. The first-order valence-corrected chi connectivity index (χ1v) is 12.0. The van der Waals surface area contributed by atoms with Crippen LogP contribution in [-0.2, 0) is 26.0 Å². The summed E-state index contributed by atoms with van der Waals surface area (Å²) in [6.07, 6.45) is 5.56. The van der Waals surface area contributed by atoms with Crippen molar-refractivity contribution >= 4 is 15.7 Å². The fourth-order valence-electron chi connectivity index (χ4n) is 3.55. The lowest BCUT2D eigenvalue weighted by atomic mass is 10.1. The van der Waals surface area contributed by atoms with Gasteiger partial charge in [0.25, 0.3) is 10.0 Å². The van der Waals surface area contributed by atoms with E-state index < -0.39 is 16.3 Å². The largest absolute Gasteiger partial charge is 0.350 e. The lowest BCUT2D eigenvalue weighted by Gasteiger charge is -2.29. The fraction of sp³-hybridized carbons (Fsp3) is 0.545. The quantitative estimate of drug-likeness (QED) is 0.661. The molecule has 5 rings (SSSR count). The third-order valence-corrected chi connectivity index (χ3v) is 7.77. The highest BCUT2D eigenvalue weighted by Crippen LogP contribution is 2.48. The average molecular weight is 443 g/mol. The number of ether oxygens (including phenoxy) is 2. The Morgan fingerprint density at radius 2 is 2.00 bits per heavy atom. The van der Waals surface area contributed by atoms with Crippen LogP contribution in [0, 0.1) is 30.1 Å². The summed E-state index contributed by atoms with van der Waals surface area (Å²) in [5.74, 6) is 6.84. The number of aryl methyl sites for hydroxylation is 1. The molecular weight excluding hydrogens is 416 g/mol. The van der Waals surface area contributed by atoms with E-state index in [-0.39, 0.29) is 10.4 Å². The number of hydrogen-bond acceptors (Lipinski definition) is 6. The van der Waals surface area contributed by atoms with Gasteiger partial charge in [-0.3, -0.25) is 4.31 Å². The van der Waals surface area contributed by atoms with E-state index in [1.165, 1.54) is 22.2 Å². The number of benzene rings is 1. The van der Waals surface area contributed by atoms with Crippen LogP contribution in [0.25, 0.3) is 0 Å². The van der Waals surface area contributed by atoms with Gasteiger partial charge in [-0.1, -0.05) is 23.1 Å². The third-order valence-electron chi connectivity index (χ3n) is 6.13. The molecule has 8 nitrogen and oxygen atoms in total. The van der Waals surface area contributed by atoms with Gasteiger partial charge in [0.2, 0.25) is 5.03 Å². The highest BCUT2D eigenvalue weighted by molar-refractivity contribution is 7.92. The minimum absolute atomic E-state index is 0.113. The van der Waals surface area contributed by atoms with Crippen LogP contribution in [0.1, 0.15) is 36.8 Å². The molecule has 0 bridgehead atoms. The van der Waals surface area contributed by atoms with Crippen LogP contribution in [-0.4, -0.2) is 50.0 Å². The zero-order valence-electron chi connectivity index (χ0n) is 17.7. The molecule has 0 amide bonds. The van der Waals surface area contributed by atoms with Crippen LogP contribution >= 0.6 is 0 Å². The number of hydrogen-bond donors (Lipinski definition) is 0. The second kappa shape index (κ2) is 7.62.